The molecule has 2 atom stereocenters. The number of halogens is 2. The number of hydrogen-bond acceptors (Lipinski definition) is 7. The van der Waals surface area contributed by atoms with Crippen LogP contribution >= 0.6 is 34.5 Å². The Bertz CT molecular complexity index is 1410. The number of hydrogen-bond donors (Lipinski definition) is 0. The van der Waals surface area contributed by atoms with Gasteiger partial charge in [-0.05, 0) is 51.5 Å². The monoisotopic (exact) mass is 556 g/mol. The Morgan fingerprint density at radius 2 is 1.73 bits per heavy atom. The van der Waals surface area contributed by atoms with E-state index in [0.29, 0.717) is 27.0 Å². The van der Waals surface area contributed by atoms with E-state index >= 15 is 0 Å². The molecule has 1 aromatic heterocycles. The first-order chi connectivity index (χ1) is 17.7. The number of allylic oxidation sites excluding steroid dienone is 1. The molecule has 0 saturated carbocycles. The zero-order valence-electron chi connectivity index (χ0n) is 20.9. The van der Waals surface area contributed by atoms with Gasteiger partial charge in [0.1, 0.15) is 10.9 Å². The number of aliphatic imine (C=N–C) groups is 1. The van der Waals surface area contributed by atoms with Gasteiger partial charge >= 0.3 is 11.9 Å². The molecule has 0 saturated heterocycles. The molecule has 1 aliphatic heterocycles. The Labute approximate surface area is 230 Å². The lowest BCUT2D eigenvalue weighted by molar-refractivity contribution is -0.146. The van der Waals surface area contributed by atoms with E-state index in [1.54, 1.807) is 39.8 Å². The Morgan fingerprint density at radius 1 is 0.973 bits per heavy atom. The van der Waals surface area contributed by atoms with Crippen molar-refractivity contribution in [1.82, 2.24) is 4.98 Å². The highest BCUT2D eigenvalue weighted by Gasteiger charge is 2.42. The minimum absolute atomic E-state index is 0.214. The first-order valence-electron chi connectivity index (χ1n) is 11.9. The smallest absolute Gasteiger partial charge is 0.336 e. The van der Waals surface area contributed by atoms with Gasteiger partial charge < -0.3 is 9.47 Å². The highest BCUT2D eigenvalue weighted by Crippen LogP contribution is 2.41. The Morgan fingerprint density at radius 3 is 2.43 bits per heavy atom. The summed E-state index contributed by atoms with van der Waals surface area (Å²) >= 11 is 13.7. The molecule has 3 aromatic rings. The van der Waals surface area contributed by atoms with E-state index in [0.717, 1.165) is 27.4 Å². The fourth-order valence-corrected chi connectivity index (χ4v) is 5.59. The van der Waals surface area contributed by atoms with Gasteiger partial charge in [0.15, 0.2) is 0 Å². The second-order valence-corrected chi connectivity index (χ2v) is 10.1. The lowest BCUT2D eigenvalue weighted by Gasteiger charge is -2.31. The topological polar surface area (TPSA) is 77.8 Å². The number of carbonyl (C=O) groups excluding carboxylic acids is 2. The average Bonchev–Trinajstić information content (AvgIpc) is 3.36. The van der Waals surface area contributed by atoms with Crippen molar-refractivity contribution in [3.63, 3.8) is 0 Å². The van der Waals surface area contributed by atoms with Gasteiger partial charge in [-0.1, -0.05) is 47.5 Å². The maximum Gasteiger partial charge on any atom is 0.336 e. The summed E-state index contributed by atoms with van der Waals surface area (Å²) in [4.78, 5) is 35.5. The van der Waals surface area contributed by atoms with Gasteiger partial charge in [0, 0.05) is 33.8 Å². The van der Waals surface area contributed by atoms with Crippen LogP contribution in [0.2, 0.25) is 10.0 Å². The standard InChI is InChI=1S/C28H26Cl2N2O4S/c1-5-35-27(33)23-15(3)31-16(4)24(28(34)36-6-2)25(23)18-8-7-9-19(12-18)26-32-22(14-37-26)17-10-11-20(29)21(30)13-17/h7-14,23,25H,5-6H2,1-4H3. The number of esters is 2. The molecule has 6 nitrogen and oxygen atoms in total. The third-order valence-corrected chi connectivity index (χ3v) is 7.71. The normalized spacial score (nSPS) is 17.4. The van der Waals surface area contributed by atoms with Gasteiger partial charge in [-0.15, -0.1) is 11.3 Å². The number of carbonyl (C=O) groups is 2. The van der Waals surface area contributed by atoms with Crippen LogP contribution in [-0.2, 0) is 19.1 Å². The van der Waals surface area contributed by atoms with Crippen LogP contribution in [0.4, 0.5) is 0 Å². The number of thiazole rings is 1. The van der Waals surface area contributed by atoms with Crippen LogP contribution in [0.25, 0.3) is 21.8 Å². The second-order valence-electron chi connectivity index (χ2n) is 8.47. The van der Waals surface area contributed by atoms with E-state index in [4.69, 9.17) is 37.7 Å². The average molecular weight is 557 g/mol. The highest BCUT2D eigenvalue weighted by molar-refractivity contribution is 7.13. The van der Waals surface area contributed by atoms with Crippen molar-refractivity contribution in [2.24, 2.45) is 10.9 Å². The molecule has 192 valence electrons. The quantitative estimate of drug-likeness (QED) is 0.284. The number of nitrogens with zero attached hydrogens (tertiary/aromatic N) is 2. The third-order valence-electron chi connectivity index (χ3n) is 6.08. The predicted molar refractivity (Wildman–Crippen MR) is 148 cm³/mol. The second kappa shape index (κ2) is 11.6. The van der Waals surface area contributed by atoms with Crippen LogP contribution in [0.15, 0.2) is 64.1 Å². The van der Waals surface area contributed by atoms with Crippen molar-refractivity contribution in [1.29, 1.82) is 0 Å². The summed E-state index contributed by atoms with van der Waals surface area (Å²) in [6.07, 6.45) is 0. The van der Waals surface area contributed by atoms with Crippen molar-refractivity contribution < 1.29 is 19.1 Å². The molecule has 0 amide bonds. The molecule has 4 rings (SSSR count). The third kappa shape index (κ3) is 5.64. The molecule has 2 heterocycles. The summed E-state index contributed by atoms with van der Waals surface area (Å²) in [6, 6.07) is 13.1. The summed E-state index contributed by atoms with van der Waals surface area (Å²) in [7, 11) is 0. The zero-order chi connectivity index (χ0) is 26.7. The minimum atomic E-state index is -0.749. The van der Waals surface area contributed by atoms with E-state index in [1.807, 2.05) is 35.7 Å². The number of ether oxygens (including phenoxy) is 2. The summed E-state index contributed by atoms with van der Waals surface area (Å²) in [6.45, 7) is 7.49. The molecule has 0 bridgehead atoms. The van der Waals surface area contributed by atoms with Gasteiger partial charge in [0.05, 0.1) is 34.5 Å². The van der Waals surface area contributed by atoms with Crippen molar-refractivity contribution in [2.75, 3.05) is 13.2 Å². The molecule has 0 fully saturated rings. The highest BCUT2D eigenvalue weighted by atomic mass is 35.5. The van der Waals surface area contributed by atoms with Gasteiger partial charge in [-0.2, -0.15) is 0 Å². The predicted octanol–water partition coefficient (Wildman–Crippen LogP) is 7.36. The van der Waals surface area contributed by atoms with Gasteiger partial charge in [-0.3, -0.25) is 9.79 Å². The molecule has 2 aromatic carbocycles. The van der Waals surface area contributed by atoms with E-state index in [9.17, 15) is 9.59 Å². The van der Waals surface area contributed by atoms with Crippen molar-refractivity contribution in [3.8, 4) is 21.8 Å². The van der Waals surface area contributed by atoms with Crippen molar-refractivity contribution in [3.05, 3.63) is 74.7 Å². The van der Waals surface area contributed by atoms with Crippen LogP contribution in [0.5, 0.6) is 0 Å². The van der Waals surface area contributed by atoms with Gasteiger partial charge in [-0.25, -0.2) is 9.78 Å². The first-order valence-corrected chi connectivity index (χ1v) is 13.5. The zero-order valence-corrected chi connectivity index (χ0v) is 23.2. The molecule has 37 heavy (non-hydrogen) atoms. The summed E-state index contributed by atoms with van der Waals surface area (Å²) < 4.78 is 10.8. The van der Waals surface area contributed by atoms with Crippen LogP contribution in [0.1, 0.15) is 39.2 Å². The van der Waals surface area contributed by atoms with Gasteiger partial charge in [0.2, 0.25) is 0 Å². The molecular formula is C28H26Cl2N2O4S. The van der Waals surface area contributed by atoms with E-state index in [-0.39, 0.29) is 13.2 Å². The fourth-order valence-electron chi connectivity index (χ4n) is 4.47. The van der Waals surface area contributed by atoms with E-state index in [1.165, 1.54) is 11.3 Å². The summed E-state index contributed by atoms with van der Waals surface area (Å²) in [5, 5.41) is 3.68. The molecular weight excluding hydrogens is 531 g/mol. The summed E-state index contributed by atoms with van der Waals surface area (Å²) in [5.41, 5.74) is 4.75. The molecule has 1 aliphatic rings. The first kappa shape index (κ1) is 27.0. The Kier molecular flexibility index (Phi) is 8.47. The molecule has 0 radical (unpaired) electrons. The number of aromatic nitrogens is 1. The lowest BCUT2D eigenvalue weighted by Crippen LogP contribution is -2.36. The maximum atomic E-state index is 13.1. The van der Waals surface area contributed by atoms with Crippen LogP contribution in [-0.4, -0.2) is 35.8 Å². The molecule has 0 aliphatic carbocycles. The molecule has 0 N–H and O–H groups in total. The Balaban J connectivity index is 1.78. The van der Waals surface area contributed by atoms with Crippen LogP contribution < -0.4 is 0 Å². The minimum Gasteiger partial charge on any atom is -0.465 e. The van der Waals surface area contributed by atoms with Crippen LogP contribution in [0, 0.1) is 5.92 Å². The molecule has 2 unspecified atom stereocenters. The van der Waals surface area contributed by atoms with Crippen molar-refractivity contribution >= 4 is 52.2 Å². The number of benzene rings is 2. The largest absolute Gasteiger partial charge is 0.465 e. The summed E-state index contributed by atoms with van der Waals surface area (Å²) in [5.74, 6) is -2.27. The van der Waals surface area contributed by atoms with E-state index < -0.39 is 23.8 Å². The molecule has 0 spiro atoms. The fraction of sp³-hybridized carbons (Fsp3) is 0.286. The Hall–Kier alpha value is -3.00. The SMILES string of the molecule is CCOC(=O)C1=C(C)N=C(C)C(C(=O)OCC)C1c1cccc(-c2nc(-c3ccc(Cl)c(Cl)c3)cs2)c1. The number of rotatable bonds is 7. The lowest BCUT2D eigenvalue weighted by atomic mass is 9.75. The van der Waals surface area contributed by atoms with E-state index in [2.05, 4.69) is 4.99 Å². The molecule has 9 heteroatoms. The van der Waals surface area contributed by atoms with Crippen LogP contribution in [0.3, 0.4) is 0 Å². The van der Waals surface area contributed by atoms with Crippen molar-refractivity contribution in [2.45, 2.75) is 33.6 Å². The van der Waals surface area contributed by atoms with Gasteiger partial charge in [0.25, 0.3) is 0 Å². The maximum absolute atomic E-state index is 13.1.